The molecule has 0 aliphatic heterocycles. The molecule has 3 unspecified atom stereocenters. The Balaban J connectivity index is 1.95. The third kappa shape index (κ3) is 3.46. The monoisotopic (exact) mass is 250 g/mol. The van der Waals surface area contributed by atoms with Crippen molar-refractivity contribution in [2.24, 2.45) is 0 Å². The molecule has 2 nitrogen and oxygen atoms in total. The average Bonchev–Trinajstić information content (AvgIpc) is 2.40. The van der Waals surface area contributed by atoms with Crippen LogP contribution >= 0.6 is 11.8 Å². The third-order valence-electron chi connectivity index (χ3n) is 3.65. The molecule has 2 rings (SSSR count). The van der Waals surface area contributed by atoms with E-state index < -0.39 is 0 Å². The zero-order valence-electron chi connectivity index (χ0n) is 10.7. The lowest BCUT2D eigenvalue weighted by Crippen LogP contribution is -2.41. The third-order valence-corrected chi connectivity index (χ3v) is 4.82. The number of pyridine rings is 1. The summed E-state index contributed by atoms with van der Waals surface area (Å²) < 4.78 is 0. The molecule has 0 saturated heterocycles. The number of nitrogens with one attached hydrogen (secondary N) is 1. The summed E-state index contributed by atoms with van der Waals surface area (Å²) in [6, 6.07) is 5.23. The Morgan fingerprint density at radius 2 is 2.24 bits per heavy atom. The topological polar surface area (TPSA) is 24.9 Å². The molecule has 0 amide bonds. The maximum Gasteiger partial charge on any atom is 0.0315 e. The first kappa shape index (κ1) is 12.9. The first-order valence-corrected chi connectivity index (χ1v) is 7.79. The fourth-order valence-corrected chi connectivity index (χ4v) is 3.56. The highest BCUT2D eigenvalue weighted by molar-refractivity contribution is 7.99. The van der Waals surface area contributed by atoms with Crippen LogP contribution in [0.4, 0.5) is 0 Å². The molecule has 0 bridgehead atoms. The number of aromatic nitrogens is 1. The number of hydrogen-bond acceptors (Lipinski definition) is 3. The Kier molecular flexibility index (Phi) is 4.86. The quantitative estimate of drug-likeness (QED) is 0.886. The molecular formula is C14H22N2S. The zero-order chi connectivity index (χ0) is 12.1. The van der Waals surface area contributed by atoms with Gasteiger partial charge < -0.3 is 5.32 Å². The summed E-state index contributed by atoms with van der Waals surface area (Å²) >= 11 is 2.01. The fraction of sp³-hybridized carbons (Fsp3) is 0.643. The van der Waals surface area contributed by atoms with E-state index in [0.29, 0.717) is 12.1 Å². The lowest BCUT2D eigenvalue weighted by atomic mass is 9.94. The van der Waals surface area contributed by atoms with Gasteiger partial charge in [-0.15, -0.1) is 0 Å². The van der Waals surface area contributed by atoms with Gasteiger partial charge in [-0.25, -0.2) is 0 Å². The molecule has 3 atom stereocenters. The lowest BCUT2D eigenvalue weighted by Gasteiger charge is -2.33. The minimum absolute atomic E-state index is 0.404. The highest BCUT2D eigenvalue weighted by Gasteiger charge is 2.25. The van der Waals surface area contributed by atoms with E-state index in [4.69, 9.17) is 0 Å². The van der Waals surface area contributed by atoms with Crippen molar-refractivity contribution in [1.29, 1.82) is 0 Å². The summed E-state index contributed by atoms with van der Waals surface area (Å²) in [5.74, 6) is 0. The van der Waals surface area contributed by atoms with Crippen LogP contribution in [0.2, 0.25) is 0 Å². The highest BCUT2D eigenvalue weighted by Crippen LogP contribution is 2.28. The summed E-state index contributed by atoms with van der Waals surface area (Å²) in [5, 5.41) is 4.56. The highest BCUT2D eigenvalue weighted by atomic mass is 32.2. The van der Waals surface area contributed by atoms with Gasteiger partial charge in [0.25, 0.3) is 0 Å². The van der Waals surface area contributed by atoms with Crippen LogP contribution in [0.3, 0.4) is 0 Å². The molecule has 1 aromatic heterocycles. The van der Waals surface area contributed by atoms with Gasteiger partial charge in [-0.1, -0.05) is 18.9 Å². The van der Waals surface area contributed by atoms with Gasteiger partial charge in [0.1, 0.15) is 0 Å². The molecule has 1 aliphatic rings. The Labute approximate surface area is 109 Å². The Morgan fingerprint density at radius 3 is 2.94 bits per heavy atom. The minimum Gasteiger partial charge on any atom is -0.306 e. The van der Waals surface area contributed by atoms with Gasteiger partial charge in [0.15, 0.2) is 0 Å². The van der Waals surface area contributed by atoms with Gasteiger partial charge in [0, 0.05) is 29.7 Å². The predicted molar refractivity (Wildman–Crippen MR) is 75.3 cm³/mol. The van der Waals surface area contributed by atoms with Crippen molar-refractivity contribution < 1.29 is 0 Å². The summed E-state index contributed by atoms with van der Waals surface area (Å²) in [4.78, 5) is 4.19. The average molecular weight is 250 g/mol. The van der Waals surface area contributed by atoms with Crippen molar-refractivity contribution in [3.05, 3.63) is 30.1 Å². The summed E-state index contributed by atoms with van der Waals surface area (Å²) in [5.41, 5.74) is 1.29. The van der Waals surface area contributed by atoms with Crippen LogP contribution in [0.25, 0.3) is 0 Å². The van der Waals surface area contributed by atoms with Gasteiger partial charge in [-0.05, 0) is 37.7 Å². The summed E-state index contributed by atoms with van der Waals surface area (Å²) in [6.07, 6.45) is 11.5. The predicted octanol–water partition coefficient (Wildman–Crippen LogP) is 3.41. The number of hydrogen-bond donors (Lipinski definition) is 1. The molecule has 0 spiro atoms. The molecule has 94 valence electrons. The van der Waals surface area contributed by atoms with Crippen molar-refractivity contribution in [1.82, 2.24) is 10.3 Å². The summed E-state index contributed by atoms with van der Waals surface area (Å²) in [6.45, 7) is 2.24. The van der Waals surface area contributed by atoms with Crippen molar-refractivity contribution in [2.75, 3.05) is 6.26 Å². The van der Waals surface area contributed by atoms with Gasteiger partial charge >= 0.3 is 0 Å². The Morgan fingerprint density at radius 1 is 1.41 bits per heavy atom. The van der Waals surface area contributed by atoms with Crippen LogP contribution in [0.5, 0.6) is 0 Å². The molecule has 1 heterocycles. The van der Waals surface area contributed by atoms with Gasteiger partial charge in [0.05, 0.1) is 0 Å². The van der Waals surface area contributed by atoms with Gasteiger partial charge in [-0.3, -0.25) is 4.98 Å². The molecular weight excluding hydrogens is 228 g/mol. The van der Waals surface area contributed by atoms with Crippen LogP contribution in [-0.2, 0) is 0 Å². The van der Waals surface area contributed by atoms with Crippen molar-refractivity contribution in [2.45, 2.75) is 49.9 Å². The molecule has 1 saturated carbocycles. The molecule has 0 aromatic carbocycles. The second-order valence-corrected chi connectivity index (χ2v) is 5.92. The molecule has 1 fully saturated rings. The summed E-state index contributed by atoms with van der Waals surface area (Å²) in [7, 11) is 0. The zero-order valence-corrected chi connectivity index (χ0v) is 11.5. The molecule has 1 aromatic rings. The molecule has 1 aliphatic carbocycles. The van der Waals surface area contributed by atoms with Gasteiger partial charge in [0.2, 0.25) is 0 Å². The van der Waals surface area contributed by atoms with Crippen molar-refractivity contribution >= 4 is 11.8 Å². The van der Waals surface area contributed by atoms with Crippen molar-refractivity contribution in [3.8, 4) is 0 Å². The number of rotatable bonds is 4. The smallest absolute Gasteiger partial charge is 0.0315 e. The van der Waals surface area contributed by atoms with Crippen LogP contribution in [0.15, 0.2) is 24.5 Å². The van der Waals surface area contributed by atoms with Crippen LogP contribution in [0, 0.1) is 0 Å². The maximum absolute atomic E-state index is 4.19. The fourth-order valence-electron chi connectivity index (χ4n) is 2.62. The lowest BCUT2D eigenvalue weighted by molar-refractivity contribution is 0.356. The SMILES string of the molecule is CSC1CCCCC1NC(C)c1cccnc1. The maximum atomic E-state index is 4.19. The van der Waals surface area contributed by atoms with Crippen LogP contribution in [0.1, 0.15) is 44.2 Å². The second-order valence-electron chi connectivity index (χ2n) is 4.84. The van der Waals surface area contributed by atoms with E-state index in [0.717, 1.165) is 5.25 Å². The molecule has 1 N–H and O–H groups in total. The van der Waals surface area contributed by atoms with Crippen LogP contribution in [-0.4, -0.2) is 22.5 Å². The number of nitrogens with zero attached hydrogens (tertiary/aromatic N) is 1. The van der Waals surface area contributed by atoms with E-state index in [1.807, 2.05) is 30.2 Å². The number of thioether (sulfide) groups is 1. The first-order chi connectivity index (χ1) is 8.31. The second kappa shape index (κ2) is 6.41. The Bertz CT molecular complexity index is 328. The van der Waals surface area contributed by atoms with E-state index in [2.05, 4.69) is 29.5 Å². The standard InChI is InChI=1S/C14H22N2S/c1-11(12-6-5-9-15-10-12)16-13-7-3-4-8-14(13)17-2/h5-6,9-11,13-14,16H,3-4,7-8H2,1-2H3. The molecule has 0 radical (unpaired) electrons. The van der Waals surface area contributed by atoms with Crippen LogP contribution < -0.4 is 5.32 Å². The largest absolute Gasteiger partial charge is 0.306 e. The van der Waals surface area contributed by atoms with E-state index in [1.165, 1.54) is 31.2 Å². The molecule has 3 heteroatoms. The van der Waals surface area contributed by atoms with E-state index in [9.17, 15) is 0 Å². The minimum atomic E-state index is 0.404. The van der Waals surface area contributed by atoms with Crippen molar-refractivity contribution in [3.63, 3.8) is 0 Å². The normalized spacial score (nSPS) is 26.7. The van der Waals surface area contributed by atoms with E-state index >= 15 is 0 Å². The molecule has 17 heavy (non-hydrogen) atoms. The van der Waals surface area contributed by atoms with Gasteiger partial charge in [-0.2, -0.15) is 11.8 Å². The van der Waals surface area contributed by atoms with E-state index in [1.54, 1.807) is 0 Å². The Hall–Kier alpha value is -0.540. The first-order valence-electron chi connectivity index (χ1n) is 6.50. The van der Waals surface area contributed by atoms with E-state index in [-0.39, 0.29) is 0 Å².